The third-order valence-corrected chi connectivity index (χ3v) is 0.760. The molecule has 0 aliphatic carbocycles. The average molecular weight is 131 g/mol. The van der Waals surface area contributed by atoms with Gasteiger partial charge in [0.2, 0.25) is 0 Å². The number of nitrogens with zero attached hydrogens (tertiary/aromatic N) is 1. The van der Waals surface area contributed by atoms with Gasteiger partial charge in [0, 0.05) is 12.8 Å². The molecule has 0 fully saturated rings. The van der Waals surface area contributed by atoms with E-state index >= 15 is 0 Å². The average Bonchev–Trinajstić information content (AvgIpc) is 1.66. The highest BCUT2D eigenvalue weighted by molar-refractivity contribution is 7.96. The van der Waals surface area contributed by atoms with Crippen LogP contribution in [0.5, 0.6) is 0 Å². The second-order valence-electron chi connectivity index (χ2n) is 1.28. The summed E-state index contributed by atoms with van der Waals surface area (Å²) in [6.45, 7) is 2.65. The molecule has 2 nitrogen and oxygen atoms in total. The normalized spacial score (nSPS) is 10.2. The highest BCUT2D eigenvalue weighted by Gasteiger charge is 1.84. The van der Waals surface area contributed by atoms with Crippen molar-refractivity contribution in [1.82, 2.24) is 0 Å². The topological polar surface area (TPSA) is 29.4 Å². The molecule has 0 saturated carbocycles. The van der Waals surface area contributed by atoms with Crippen LogP contribution in [-0.4, -0.2) is 17.9 Å². The van der Waals surface area contributed by atoms with Crippen molar-refractivity contribution in [2.75, 3.05) is 6.54 Å². The van der Waals surface area contributed by atoms with E-state index in [4.69, 9.17) is 0 Å². The van der Waals surface area contributed by atoms with Crippen LogP contribution in [0.2, 0.25) is 0 Å². The number of hydrogen-bond donors (Lipinski definition) is 1. The van der Waals surface area contributed by atoms with Crippen molar-refractivity contribution in [2.24, 2.45) is 4.99 Å². The number of carbonyl (C=O) groups is 1. The first-order valence-electron chi connectivity index (χ1n) is 2.47. The Morgan fingerprint density at radius 2 is 2.50 bits per heavy atom. The minimum atomic E-state index is -0.137. The van der Waals surface area contributed by atoms with Crippen LogP contribution in [0, 0.1) is 0 Å². The molecule has 0 saturated heterocycles. The number of aliphatic imine (C=N–C) groups is 1. The first-order chi connectivity index (χ1) is 3.77. The van der Waals surface area contributed by atoms with E-state index in [2.05, 4.69) is 17.6 Å². The van der Waals surface area contributed by atoms with Crippen LogP contribution in [0.1, 0.15) is 13.3 Å². The van der Waals surface area contributed by atoms with E-state index in [9.17, 15) is 4.79 Å². The van der Waals surface area contributed by atoms with E-state index in [1.807, 2.05) is 6.92 Å². The largest absolute Gasteiger partial charge is 0.297 e. The molecule has 0 aromatic carbocycles. The molecule has 0 rings (SSSR count). The predicted molar refractivity (Wildman–Crippen MR) is 37.6 cm³/mol. The fourth-order valence-electron chi connectivity index (χ4n) is 0.272. The third kappa shape index (κ3) is 5.69. The summed E-state index contributed by atoms with van der Waals surface area (Å²) >= 11 is 3.54. The van der Waals surface area contributed by atoms with Gasteiger partial charge >= 0.3 is 0 Å². The van der Waals surface area contributed by atoms with Gasteiger partial charge in [-0.15, -0.1) is 12.6 Å². The molecule has 0 aliphatic heterocycles. The Labute approximate surface area is 54.4 Å². The molecule has 0 heterocycles. The smallest absolute Gasteiger partial charge is 0.191 e. The fraction of sp³-hybridized carbons (Fsp3) is 0.600. The maximum atomic E-state index is 10.1. The zero-order valence-electron chi connectivity index (χ0n) is 4.79. The van der Waals surface area contributed by atoms with Crippen molar-refractivity contribution in [3.8, 4) is 0 Å². The quantitative estimate of drug-likeness (QED) is 0.448. The minimum Gasteiger partial charge on any atom is -0.297 e. The van der Waals surface area contributed by atoms with E-state index < -0.39 is 0 Å². The zero-order valence-corrected chi connectivity index (χ0v) is 5.69. The van der Waals surface area contributed by atoms with E-state index in [-0.39, 0.29) is 5.12 Å². The van der Waals surface area contributed by atoms with Crippen LogP contribution < -0.4 is 0 Å². The second-order valence-corrected chi connectivity index (χ2v) is 1.78. The van der Waals surface area contributed by atoms with Gasteiger partial charge in [-0.2, -0.15) is 0 Å². The molecule has 46 valence electrons. The van der Waals surface area contributed by atoms with E-state index in [1.54, 1.807) is 6.21 Å². The molecule has 0 bridgehead atoms. The Morgan fingerprint density at radius 3 is 2.88 bits per heavy atom. The van der Waals surface area contributed by atoms with Crippen molar-refractivity contribution in [3.63, 3.8) is 0 Å². The zero-order chi connectivity index (χ0) is 6.41. The van der Waals surface area contributed by atoms with Gasteiger partial charge in [0.05, 0.1) is 6.42 Å². The number of hydrogen-bond acceptors (Lipinski definition) is 2. The van der Waals surface area contributed by atoms with Gasteiger partial charge < -0.3 is 0 Å². The standard InChI is InChI=1S/C5H9NOS/c1-2-6-4-3-5(7)8/h4H,2-3H2,1H3,(H,7,8). The number of thiol groups is 1. The lowest BCUT2D eigenvalue weighted by Crippen LogP contribution is -1.85. The third-order valence-electron chi connectivity index (χ3n) is 0.578. The molecule has 8 heavy (non-hydrogen) atoms. The van der Waals surface area contributed by atoms with Crippen molar-refractivity contribution in [2.45, 2.75) is 13.3 Å². The lowest BCUT2D eigenvalue weighted by Gasteiger charge is -1.80. The SMILES string of the molecule is CCN=CCC(=O)S. The van der Waals surface area contributed by atoms with Crippen LogP contribution in [-0.2, 0) is 4.79 Å². The van der Waals surface area contributed by atoms with E-state index in [1.165, 1.54) is 0 Å². The lowest BCUT2D eigenvalue weighted by molar-refractivity contribution is -0.109. The Bertz CT molecular complexity index is 101. The molecule has 0 atom stereocenters. The summed E-state index contributed by atoms with van der Waals surface area (Å²) in [5.74, 6) is 0. The Kier molecular flexibility index (Phi) is 4.65. The molecule has 0 spiro atoms. The summed E-state index contributed by atoms with van der Waals surface area (Å²) in [5, 5.41) is -0.137. The fourth-order valence-corrected chi connectivity index (χ4v) is 0.353. The number of rotatable bonds is 3. The van der Waals surface area contributed by atoms with Gasteiger partial charge in [-0.3, -0.25) is 9.79 Å². The summed E-state index contributed by atoms with van der Waals surface area (Å²) in [5.41, 5.74) is 0. The number of carbonyl (C=O) groups excluding carboxylic acids is 1. The van der Waals surface area contributed by atoms with E-state index in [0.717, 1.165) is 6.54 Å². The molecule has 0 aromatic heterocycles. The summed E-state index contributed by atoms with van der Waals surface area (Å²) < 4.78 is 0. The lowest BCUT2D eigenvalue weighted by atomic mass is 10.5. The maximum Gasteiger partial charge on any atom is 0.191 e. The molecule has 0 amide bonds. The summed E-state index contributed by atoms with van der Waals surface area (Å²) in [4.78, 5) is 13.9. The van der Waals surface area contributed by atoms with Gasteiger partial charge in [0.15, 0.2) is 5.12 Å². The molecule has 0 radical (unpaired) electrons. The molecular weight excluding hydrogens is 122 g/mol. The Balaban J connectivity index is 3.16. The van der Waals surface area contributed by atoms with Crippen LogP contribution in [0.3, 0.4) is 0 Å². The van der Waals surface area contributed by atoms with Crippen molar-refractivity contribution < 1.29 is 4.79 Å². The molecule has 0 aliphatic rings. The molecule has 0 unspecified atom stereocenters. The summed E-state index contributed by atoms with van der Waals surface area (Å²) in [6, 6.07) is 0. The minimum absolute atomic E-state index is 0.137. The molecular formula is C5H9NOS. The van der Waals surface area contributed by atoms with E-state index in [0.29, 0.717) is 6.42 Å². The summed E-state index contributed by atoms with van der Waals surface area (Å²) in [7, 11) is 0. The highest BCUT2D eigenvalue weighted by Crippen LogP contribution is 1.82. The highest BCUT2D eigenvalue weighted by atomic mass is 32.1. The Morgan fingerprint density at radius 1 is 1.88 bits per heavy atom. The van der Waals surface area contributed by atoms with Gasteiger partial charge in [-0.25, -0.2) is 0 Å². The van der Waals surface area contributed by atoms with Gasteiger partial charge in [-0.1, -0.05) is 0 Å². The van der Waals surface area contributed by atoms with Crippen LogP contribution in [0.15, 0.2) is 4.99 Å². The molecule has 0 N–H and O–H groups in total. The van der Waals surface area contributed by atoms with Crippen molar-refractivity contribution in [1.29, 1.82) is 0 Å². The maximum absolute atomic E-state index is 10.1. The van der Waals surface area contributed by atoms with Crippen LogP contribution >= 0.6 is 12.6 Å². The van der Waals surface area contributed by atoms with Crippen LogP contribution in [0.25, 0.3) is 0 Å². The first-order valence-corrected chi connectivity index (χ1v) is 2.92. The van der Waals surface area contributed by atoms with Gasteiger partial charge in [0.1, 0.15) is 0 Å². The van der Waals surface area contributed by atoms with Crippen molar-refractivity contribution in [3.05, 3.63) is 0 Å². The van der Waals surface area contributed by atoms with Crippen LogP contribution in [0.4, 0.5) is 0 Å². The Hall–Kier alpha value is -0.310. The van der Waals surface area contributed by atoms with Gasteiger partial charge in [-0.05, 0) is 6.92 Å². The molecule has 0 aromatic rings. The summed E-state index contributed by atoms with van der Waals surface area (Å²) in [6.07, 6.45) is 1.92. The first kappa shape index (κ1) is 7.69. The van der Waals surface area contributed by atoms with Gasteiger partial charge in [0.25, 0.3) is 0 Å². The predicted octanol–water partition coefficient (Wildman–Crippen LogP) is 0.924. The molecule has 3 heteroatoms. The van der Waals surface area contributed by atoms with Crippen molar-refractivity contribution >= 4 is 24.0 Å². The second kappa shape index (κ2) is 4.84. The monoisotopic (exact) mass is 131 g/mol.